The minimum Gasteiger partial charge on any atom is -0.478 e. The largest absolute Gasteiger partial charge is 0.478 e. The van der Waals surface area contributed by atoms with Gasteiger partial charge in [-0.3, -0.25) is 4.79 Å². The standard InChI is InChI=1S/C14H17NO4/c1-10(14(17)18)9-19-13(8-15-11(2)16)12-6-4-3-5-7-12/h3-7,13H,1,8-9H2,2H3,(H,15,16)(H,17,18). The van der Waals surface area contributed by atoms with Crippen molar-refractivity contribution in [1.29, 1.82) is 0 Å². The predicted octanol–water partition coefficient (Wildman–Crippen LogP) is 1.52. The first-order valence-corrected chi connectivity index (χ1v) is 5.82. The summed E-state index contributed by atoms with van der Waals surface area (Å²) in [6, 6.07) is 9.29. The van der Waals surface area contributed by atoms with Gasteiger partial charge in [0.1, 0.15) is 6.10 Å². The fourth-order valence-electron chi connectivity index (χ4n) is 1.44. The van der Waals surface area contributed by atoms with Crippen molar-refractivity contribution in [1.82, 2.24) is 5.32 Å². The molecule has 1 rings (SSSR count). The number of carboxylic acids is 1. The summed E-state index contributed by atoms with van der Waals surface area (Å²) in [5.41, 5.74) is 0.846. The first-order chi connectivity index (χ1) is 9.00. The molecule has 1 aromatic rings. The second kappa shape index (κ2) is 7.33. The molecule has 1 aromatic carbocycles. The Balaban J connectivity index is 2.67. The highest BCUT2D eigenvalue weighted by atomic mass is 16.5. The topological polar surface area (TPSA) is 75.6 Å². The minimum atomic E-state index is -1.09. The Labute approximate surface area is 111 Å². The molecule has 0 radical (unpaired) electrons. The minimum absolute atomic E-state index is 0.0243. The van der Waals surface area contributed by atoms with Crippen molar-refractivity contribution in [3.8, 4) is 0 Å². The Morgan fingerprint density at radius 1 is 1.37 bits per heavy atom. The van der Waals surface area contributed by atoms with Crippen LogP contribution in [0.25, 0.3) is 0 Å². The van der Waals surface area contributed by atoms with Crippen LogP contribution in [0.5, 0.6) is 0 Å². The van der Waals surface area contributed by atoms with Gasteiger partial charge in [0.25, 0.3) is 0 Å². The van der Waals surface area contributed by atoms with Crippen LogP contribution >= 0.6 is 0 Å². The summed E-state index contributed by atoms with van der Waals surface area (Å²) in [4.78, 5) is 21.6. The van der Waals surface area contributed by atoms with Crippen molar-refractivity contribution in [2.24, 2.45) is 0 Å². The van der Waals surface area contributed by atoms with E-state index in [-0.39, 0.29) is 24.6 Å². The van der Waals surface area contributed by atoms with Crippen LogP contribution in [0.1, 0.15) is 18.6 Å². The fourth-order valence-corrected chi connectivity index (χ4v) is 1.44. The summed E-state index contributed by atoms with van der Waals surface area (Å²) in [5, 5.41) is 11.4. The lowest BCUT2D eigenvalue weighted by Crippen LogP contribution is -2.28. The zero-order valence-electron chi connectivity index (χ0n) is 10.8. The van der Waals surface area contributed by atoms with E-state index in [1.807, 2.05) is 30.3 Å². The number of carbonyl (C=O) groups excluding carboxylic acids is 1. The first kappa shape index (κ1) is 14.9. The molecule has 0 aliphatic heterocycles. The third kappa shape index (κ3) is 5.35. The van der Waals surface area contributed by atoms with Crippen molar-refractivity contribution >= 4 is 11.9 Å². The molecule has 1 amide bonds. The van der Waals surface area contributed by atoms with Crippen molar-refractivity contribution in [2.75, 3.05) is 13.2 Å². The van der Waals surface area contributed by atoms with E-state index in [0.717, 1.165) is 5.56 Å². The average molecular weight is 263 g/mol. The number of benzene rings is 1. The highest BCUT2D eigenvalue weighted by molar-refractivity contribution is 5.86. The Morgan fingerprint density at radius 2 is 2.00 bits per heavy atom. The molecule has 102 valence electrons. The fraction of sp³-hybridized carbons (Fsp3) is 0.286. The average Bonchev–Trinajstić information content (AvgIpc) is 2.39. The zero-order chi connectivity index (χ0) is 14.3. The van der Waals surface area contributed by atoms with Gasteiger partial charge < -0.3 is 15.2 Å². The van der Waals surface area contributed by atoms with Crippen molar-refractivity contribution in [3.63, 3.8) is 0 Å². The number of nitrogens with one attached hydrogen (secondary N) is 1. The smallest absolute Gasteiger partial charge is 0.333 e. The van der Waals surface area contributed by atoms with Crippen LogP contribution < -0.4 is 5.32 Å². The molecule has 0 bridgehead atoms. The number of hydrogen-bond donors (Lipinski definition) is 2. The van der Waals surface area contributed by atoms with Gasteiger partial charge in [0.05, 0.1) is 12.2 Å². The van der Waals surface area contributed by atoms with E-state index < -0.39 is 12.1 Å². The molecule has 0 saturated carbocycles. The van der Waals surface area contributed by atoms with Gasteiger partial charge in [-0.15, -0.1) is 0 Å². The molecule has 0 spiro atoms. The molecule has 5 heteroatoms. The third-order valence-electron chi connectivity index (χ3n) is 2.47. The number of amides is 1. The maximum atomic E-state index is 10.9. The van der Waals surface area contributed by atoms with Crippen LogP contribution in [0, 0.1) is 0 Å². The Hall–Kier alpha value is -2.14. The maximum Gasteiger partial charge on any atom is 0.333 e. The summed E-state index contributed by atoms with van der Waals surface area (Å²) in [5.74, 6) is -1.26. The van der Waals surface area contributed by atoms with Crippen molar-refractivity contribution in [2.45, 2.75) is 13.0 Å². The lowest BCUT2D eigenvalue weighted by molar-refractivity contribution is -0.133. The van der Waals surface area contributed by atoms with Gasteiger partial charge >= 0.3 is 5.97 Å². The molecule has 2 N–H and O–H groups in total. The van der Waals surface area contributed by atoms with Crippen LogP contribution in [0.15, 0.2) is 42.5 Å². The van der Waals surface area contributed by atoms with E-state index in [1.54, 1.807) is 0 Å². The van der Waals surface area contributed by atoms with Gasteiger partial charge in [0.15, 0.2) is 0 Å². The SMILES string of the molecule is C=C(COC(CNC(C)=O)c1ccccc1)C(=O)O. The lowest BCUT2D eigenvalue weighted by Gasteiger charge is -2.18. The second-order valence-electron chi connectivity index (χ2n) is 4.06. The number of ether oxygens (including phenoxy) is 1. The van der Waals surface area contributed by atoms with Crippen molar-refractivity contribution in [3.05, 3.63) is 48.0 Å². The molecule has 1 atom stereocenters. The van der Waals surface area contributed by atoms with Crippen LogP contribution in [0.4, 0.5) is 0 Å². The Morgan fingerprint density at radius 3 is 2.53 bits per heavy atom. The molecule has 0 heterocycles. The number of carboxylic acid groups (broad SMARTS) is 1. The monoisotopic (exact) mass is 263 g/mol. The summed E-state index contributed by atoms with van der Waals surface area (Å²) in [6.07, 6.45) is -0.402. The summed E-state index contributed by atoms with van der Waals surface area (Å²) in [7, 11) is 0. The highest BCUT2D eigenvalue weighted by Crippen LogP contribution is 2.17. The van der Waals surface area contributed by atoms with Gasteiger partial charge in [0, 0.05) is 13.5 Å². The lowest BCUT2D eigenvalue weighted by atomic mass is 10.1. The Kier molecular flexibility index (Phi) is 5.75. The second-order valence-corrected chi connectivity index (χ2v) is 4.06. The van der Waals surface area contributed by atoms with Crippen LogP contribution in [0.2, 0.25) is 0 Å². The molecular formula is C14H17NO4. The number of aliphatic carboxylic acids is 1. The van der Waals surface area contributed by atoms with E-state index in [2.05, 4.69) is 11.9 Å². The number of hydrogen-bond acceptors (Lipinski definition) is 3. The van der Waals surface area contributed by atoms with E-state index in [9.17, 15) is 9.59 Å². The van der Waals surface area contributed by atoms with E-state index in [0.29, 0.717) is 0 Å². The van der Waals surface area contributed by atoms with Gasteiger partial charge in [0.2, 0.25) is 5.91 Å². The molecule has 1 unspecified atom stereocenters. The molecule has 0 fully saturated rings. The first-order valence-electron chi connectivity index (χ1n) is 5.82. The third-order valence-corrected chi connectivity index (χ3v) is 2.47. The van der Waals surface area contributed by atoms with Gasteiger partial charge in [-0.25, -0.2) is 4.79 Å². The zero-order valence-corrected chi connectivity index (χ0v) is 10.8. The normalized spacial score (nSPS) is 11.6. The predicted molar refractivity (Wildman–Crippen MR) is 70.6 cm³/mol. The van der Waals surface area contributed by atoms with Crippen LogP contribution in [0.3, 0.4) is 0 Å². The summed E-state index contributed by atoms with van der Waals surface area (Å²) >= 11 is 0. The maximum absolute atomic E-state index is 10.9. The van der Waals surface area contributed by atoms with Crippen LogP contribution in [-0.4, -0.2) is 30.1 Å². The van der Waals surface area contributed by atoms with E-state index in [4.69, 9.17) is 9.84 Å². The quantitative estimate of drug-likeness (QED) is 0.731. The molecule has 0 saturated heterocycles. The molecule has 0 aliphatic carbocycles. The molecular weight excluding hydrogens is 246 g/mol. The van der Waals surface area contributed by atoms with Gasteiger partial charge in [-0.2, -0.15) is 0 Å². The molecule has 0 aliphatic rings. The molecule has 5 nitrogen and oxygen atoms in total. The summed E-state index contributed by atoms with van der Waals surface area (Å²) < 4.78 is 5.51. The van der Waals surface area contributed by atoms with E-state index >= 15 is 0 Å². The summed E-state index contributed by atoms with van der Waals surface area (Å²) in [6.45, 7) is 5.01. The Bertz CT molecular complexity index is 456. The van der Waals surface area contributed by atoms with Crippen LogP contribution in [-0.2, 0) is 14.3 Å². The van der Waals surface area contributed by atoms with Crippen molar-refractivity contribution < 1.29 is 19.4 Å². The number of carbonyl (C=O) groups is 2. The molecule has 19 heavy (non-hydrogen) atoms. The molecule has 0 aromatic heterocycles. The highest BCUT2D eigenvalue weighted by Gasteiger charge is 2.14. The van der Waals surface area contributed by atoms with Gasteiger partial charge in [-0.1, -0.05) is 36.9 Å². The number of rotatable bonds is 7. The van der Waals surface area contributed by atoms with E-state index in [1.165, 1.54) is 6.92 Å². The van der Waals surface area contributed by atoms with Gasteiger partial charge in [-0.05, 0) is 5.56 Å².